The van der Waals surface area contributed by atoms with Crippen molar-refractivity contribution in [3.63, 3.8) is 0 Å². The molecule has 0 radical (unpaired) electrons. The molecule has 86 valence electrons. The topological polar surface area (TPSA) is 91.7 Å². The molecule has 0 saturated carbocycles. The number of hydrogen-bond donors (Lipinski definition) is 2. The molecule has 2 N–H and O–H groups in total. The molecule has 0 aliphatic rings. The van der Waals surface area contributed by atoms with Crippen LogP contribution in [0.25, 0.3) is 0 Å². The van der Waals surface area contributed by atoms with Gasteiger partial charge in [0.15, 0.2) is 0 Å². The van der Waals surface area contributed by atoms with E-state index in [4.69, 9.17) is 9.66 Å². The highest BCUT2D eigenvalue weighted by molar-refractivity contribution is 7.85. The lowest BCUT2D eigenvalue weighted by atomic mass is 10.2. The first-order valence-electron chi connectivity index (χ1n) is 3.18. The monoisotopic (exact) mass is 266 g/mol. The van der Waals surface area contributed by atoms with Crippen molar-refractivity contribution in [2.75, 3.05) is 5.75 Å². The molecule has 0 aliphatic carbocycles. The lowest BCUT2D eigenvalue weighted by molar-refractivity contribution is -0.132. The van der Waals surface area contributed by atoms with Gasteiger partial charge in [-0.25, -0.2) is 4.79 Å². The van der Waals surface area contributed by atoms with E-state index in [0.29, 0.717) is 0 Å². The van der Waals surface area contributed by atoms with Crippen LogP contribution in [0.2, 0.25) is 0 Å². The minimum atomic E-state index is -3.98. The second-order valence-electron chi connectivity index (χ2n) is 2.27. The van der Waals surface area contributed by atoms with Crippen LogP contribution in [0, 0.1) is 0 Å². The third kappa shape index (κ3) is 11.7. The molecule has 0 saturated heterocycles. The van der Waals surface area contributed by atoms with E-state index in [1.54, 1.807) is 0 Å². The van der Waals surface area contributed by atoms with Crippen LogP contribution in [0.5, 0.6) is 0 Å². The van der Waals surface area contributed by atoms with E-state index in [9.17, 15) is 13.2 Å². The molecule has 0 fully saturated rings. The van der Waals surface area contributed by atoms with Crippen molar-refractivity contribution in [1.82, 2.24) is 0 Å². The van der Waals surface area contributed by atoms with Gasteiger partial charge in [-0.05, 0) is 13.3 Å². The summed E-state index contributed by atoms with van der Waals surface area (Å²) in [5.74, 6) is -1.54. The molecular formula is C6H12Cl2O5S. The summed E-state index contributed by atoms with van der Waals surface area (Å²) in [6, 6.07) is 0. The summed E-state index contributed by atoms with van der Waals surface area (Å²) in [6.07, 6.45) is 1.26. The molecule has 0 aromatic rings. The zero-order valence-corrected chi connectivity index (χ0v) is 9.78. The van der Waals surface area contributed by atoms with Crippen LogP contribution in [-0.2, 0) is 14.9 Å². The Morgan fingerprint density at radius 2 is 1.79 bits per heavy atom. The fourth-order valence-corrected chi connectivity index (χ4v) is 0.927. The number of carbonyl (C=O) groups is 1. The predicted molar refractivity (Wildman–Crippen MR) is 56.9 cm³/mol. The average molecular weight is 267 g/mol. The summed E-state index contributed by atoms with van der Waals surface area (Å²) in [4.78, 5) is 10.2. The van der Waals surface area contributed by atoms with Crippen LogP contribution in [0.4, 0.5) is 0 Å². The highest BCUT2D eigenvalue weighted by atomic mass is 35.5. The largest absolute Gasteiger partial charge is 0.478 e. The molecule has 0 aliphatic heterocycles. The molecule has 0 aromatic heterocycles. The van der Waals surface area contributed by atoms with Gasteiger partial charge in [-0.2, -0.15) is 8.42 Å². The molecule has 5 nitrogen and oxygen atoms in total. The van der Waals surface area contributed by atoms with Crippen molar-refractivity contribution in [2.45, 2.75) is 13.3 Å². The summed E-state index contributed by atoms with van der Waals surface area (Å²) in [7, 11) is -3.98. The smallest absolute Gasteiger partial charge is 0.330 e. The number of carboxylic acids is 1. The minimum absolute atomic E-state index is 0. The second kappa shape index (κ2) is 8.05. The van der Waals surface area contributed by atoms with Gasteiger partial charge >= 0.3 is 5.97 Å². The fourth-order valence-electron chi connectivity index (χ4n) is 0.512. The molecule has 0 atom stereocenters. The van der Waals surface area contributed by atoms with Crippen LogP contribution in [0.3, 0.4) is 0 Å². The van der Waals surface area contributed by atoms with Crippen molar-refractivity contribution in [3.8, 4) is 0 Å². The molecule has 0 spiro atoms. The van der Waals surface area contributed by atoms with Gasteiger partial charge in [0.05, 0.1) is 5.75 Å². The highest BCUT2D eigenvalue weighted by Gasteiger charge is 2.03. The van der Waals surface area contributed by atoms with E-state index < -0.39 is 21.8 Å². The van der Waals surface area contributed by atoms with Crippen LogP contribution in [0.1, 0.15) is 13.3 Å². The number of carboxylic acid groups (broad SMARTS) is 1. The fraction of sp³-hybridized carbons (Fsp3) is 0.500. The Kier molecular flexibility index (Phi) is 11.1. The van der Waals surface area contributed by atoms with Gasteiger partial charge in [0.25, 0.3) is 10.1 Å². The number of halogens is 2. The maximum absolute atomic E-state index is 10.2. The van der Waals surface area contributed by atoms with Gasteiger partial charge in [0.1, 0.15) is 0 Å². The molecule has 0 rings (SSSR count). The number of rotatable bonds is 4. The molecule has 0 heterocycles. The first-order valence-corrected chi connectivity index (χ1v) is 4.79. The van der Waals surface area contributed by atoms with Crippen molar-refractivity contribution in [2.24, 2.45) is 0 Å². The average Bonchev–Trinajstić information content (AvgIpc) is 1.84. The van der Waals surface area contributed by atoms with Gasteiger partial charge in [-0.1, -0.05) is 6.08 Å². The maximum Gasteiger partial charge on any atom is 0.330 e. The van der Waals surface area contributed by atoms with Gasteiger partial charge in [0.2, 0.25) is 0 Å². The normalized spacial score (nSPS) is 11.1. The summed E-state index contributed by atoms with van der Waals surface area (Å²) < 4.78 is 28.6. The Bertz CT molecular complexity index is 295. The second-order valence-corrected chi connectivity index (χ2v) is 3.84. The SMILES string of the molecule is C/C(=C\CCS(=O)(=O)O)C(=O)O.Cl.Cl. The van der Waals surface area contributed by atoms with Crippen LogP contribution >= 0.6 is 24.8 Å². The van der Waals surface area contributed by atoms with Crippen molar-refractivity contribution >= 4 is 40.9 Å². The van der Waals surface area contributed by atoms with E-state index in [0.717, 1.165) is 0 Å². The lowest BCUT2D eigenvalue weighted by Gasteiger charge is -1.93. The number of allylic oxidation sites excluding steroid dienone is 1. The molecule has 8 heteroatoms. The Labute approximate surface area is 94.8 Å². The van der Waals surface area contributed by atoms with Crippen molar-refractivity contribution in [3.05, 3.63) is 11.6 Å². The molecule has 0 unspecified atom stereocenters. The van der Waals surface area contributed by atoms with Crippen LogP contribution in [-0.4, -0.2) is 29.8 Å². The third-order valence-corrected chi connectivity index (χ3v) is 1.92. The molecule has 14 heavy (non-hydrogen) atoms. The predicted octanol–water partition coefficient (Wildman–Crippen LogP) is 1.14. The van der Waals surface area contributed by atoms with E-state index in [1.165, 1.54) is 13.0 Å². The van der Waals surface area contributed by atoms with Gasteiger partial charge in [0, 0.05) is 5.57 Å². The summed E-state index contributed by atoms with van der Waals surface area (Å²) in [5, 5.41) is 8.33. The van der Waals surface area contributed by atoms with Crippen molar-refractivity contribution in [1.29, 1.82) is 0 Å². The Morgan fingerprint density at radius 3 is 2.07 bits per heavy atom. The van der Waals surface area contributed by atoms with E-state index in [-0.39, 0.29) is 36.8 Å². The van der Waals surface area contributed by atoms with E-state index >= 15 is 0 Å². The quantitative estimate of drug-likeness (QED) is 0.588. The molecule has 0 aromatic carbocycles. The van der Waals surface area contributed by atoms with Gasteiger partial charge in [-0.15, -0.1) is 24.8 Å². The van der Waals surface area contributed by atoms with E-state index in [1.807, 2.05) is 0 Å². The van der Waals surface area contributed by atoms with Crippen LogP contribution < -0.4 is 0 Å². The maximum atomic E-state index is 10.2. The number of aliphatic carboxylic acids is 1. The molecule has 0 amide bonds. The summed E-state index contributed by atoms with van der Waals surface area (Å²) >= 11 is 0. The Morgan fingerprint density at radius 1 is 1.36 bits per heavy atom. The zero-order chi connectivity index (χ0) is 9.78. The highest BCUT2D eigenvalue weighted by Crippen LogP contribution is 1.97. The first kappa shape index (κ1) is 19.3. The Hall–Kier alpha value is -0.300. The van der Waals surface area contributed by atoms with Gasteiger partial charge < -0.3 is 5.11 Å². The lowest BCUT2D eigenvalue weighted by Crippen LogP contribution is -2.03. The van der Waals surface area contributed by atoms with E-state index in [2.05, 4.69) is 0 Å². The summed E-state index contributed by atoms with van der Waals surface area (Å²) in [6.45, 7) is 1.35. The summed E-state index contributed by atoms with van der Waals surface area (Å²) in [5.41, 5.74) is 0.0682. The third-order valence-electron chi connectivity index (χ3n) is 1.16. The number of hydrogen-bond acceptors (Lipinski definition) is 3. The Balaban J connectivity index is -0.000000605. The minimum Gasteiger partial charge on any atom is -0.478 e. The van der Waals surface area contributed by atoms with Gasteiger partial charge in [-0.3, -0.25) is 4.55 Å². The standard InChI is InChI=1S/C6H10O5S.2ClH/c1-5(6(7)8)3-2-4-12(9,10)11;;/h3H,2,4H2,1H3,(H,7,8)(H,9,10,11);2*1H/b5-3+;;. The first-order chi connectivity index (χ1) is 5.33. The molecule has 0 bridgehead atoms. The molecular weight excluding hydrogens is 255 g/mol. The van der Waals surface area contributed by atoms with Crippen LogP contribution in [0.15, 0.2) is 11.6 Å². The zero-order valence-electron chi connectivity index (χ0n) is 7.34. The van der Waals surface area contributed by atoms with Crippen molar-refractivity contribution < 1.29 is 22.9 Å².